The minimum Gasteiger partial charge on any atom is -0.299 e. The van der Waals surface area contributed by atoms with Gasteiger partial charge in [0.25, 0.3) is 0 Å². The topological polar surface area (TPSA) is 17.1 Å². The van der Waals surface area contributed by atoms with Crippen LogP contribution in [0.1, 0.15) is 36.6 Å². The van der Waals surface area contributed by atoms with Gasteiger partial charge in [0.15, 0.2) is 0 Å². The Morgan fingerprint density at radius 3 is 2.57 bits per heavy atom. The highest BCUT2D eigenvalue weighted by atomic mass is 79.9. The molecule has 3 heteroatoms. The van der Waals surface area contributed by atoms with Crippen LogP contribution in [-0.2, 0) is 4.79 Å². The Balaban J connectivity index is 2.34. The van der Waals surface area contributed by atoms with Crippen LogP contribution in [0, 0.1) is 12.3 Å². The maximum atomic E-state index is 11.4. The Morgan fingerprint density at radius 2 is 2.21 bits per heavy atom. The molecule has 1 aromatic heterocycles. The van der Waals surface area contributed by atoms with E-state index in [1.54, 1.807) is 11.3 Å². The van der Waals surface area contributed by atoms with Gasteiger partial charge in [0, 0.05) is 22.6 Å². The van der Waals surface area contributed by atoms with Crippen LogP contribution in [0.15, 0.2) is 9.85 Å². The van der Waals surface area contributed by atoms with Crippen LogP contribution in [0.4, 0.5) is 0 Å². The molecule has 0 amide bonds. The van der Waals surface area contributed by atoms with E-state index in [9.17, 15) is 4.79 Å². The second-order valence-electron chi connectivity index (χ2n) is 4.46. The number of hydrogen-bond donors (Lipinski definition) is 0. The summed E-state index contributed by atoms with van der Waals surface area (Å²) in [5.41, 5.74) is 1.21. The third-order valence-corrected chi connectivity index (χ3v) is 4.85. The maximum Gasteiger partial charge on any atom is 0.139 e. The standard InChI is InChI=1S/C11H13BrOS/c1-6-7(4-10(12)14-6)8-5-9(13)11(8,2)3/h4,8H,5H2,1-3H3. The van der Waals surface area contributed by atoms with E-state index < -0.39 is 0 Å². The lowest BCUT2D eigenvalue weighted by atomic mass is 9.59. The van der Waals surface area contributed by atoms with Crippen molar-refractivity contribution in [3.05, 3.63) is 20.3 Å². The molecule has 1 heterocycles. The number of Topliss-reactive ketones (excluding diaryl/α,β-unsaturated/α-hetero) is 1. The van der Waals surface area contributed by atoms with Crippen molar-refractivity contribution in [2.75, 3.05) is 0 Å². The van der Waals surface area contributed by atoms with Crippen molar-refractivity contribution in [3.8, 4) is 0 Å². The number of halogens is 1. The maximum absolute atomic E-state index is 11.4. The summed E-state index contributed by atoms with van der Waals surface area (Å²) in [6, 6.07) is 2.17. The first kappa shape index (κ1) is 10.4. The molecule has 0 aromatic carbocycles. The van der Waals surface area contributed by atoms with Crippen LogP contribution in [0.3, 0.4) is 0 Å². The predicted molar refractivity (Wildman–Crippen MR) is 62.9 cm³/mol. The molecule has 0 N–H and O–H groups in total. The van der Waals surface area contributed by atoms with Crippen molar-refractivity contribution < 1.29 is 4.79 Å². The smallest absolute Gasteiger partial charge is 0.139 e. The van der Waals surface area contributed by atoms with Crippen molar-refractivity contribution in [1.29, 1.82) is 0 Å². The highest BCUT2D eigenvalue weighted by molar-refractivity contribution is 9.11. The average molecular weight is 273 g/mol. The molecule has 76 valence electrons. The van der Waals surface area contributed by atoms with E-state index in [0.717, 1.165) is 6.42 Å². The largest absolute Gasteiger partial charge is 0.299 e. The van der Waals surface area contributed by atoms with Gasteiger partial charge in [0.1, 0.15) is 5.78 Å². The number of rotatable bonds is 1. The van der Waals surface area contributed by atoms with Gasteiger partial charge in [-0.1, -0.05) is 13.8 Å². The van der Waals surface area contributed by atoms with E-state index in [0.29, 0.717) is 11.7 Å². The van der Waals surface area contributed by atoms with Gasteiger partial charge in [-0.3, -0.25) is 4.79 Å². The third-order valence-electron chi connectivity index (χ3n) is 3.28. The van der Waals surface area contributed by atoms with E-state index in [1.165, 1.54) is 14.2 Å². The van der Waals surface area contributed by atoms with E-state index in [4.69, 9.17) is 0 Å². The molecule has 1 unspecified atom stereocenters. The molecule has 1 atom stereocenters. The highest BCUT2D eigenvalue weighted by Crippen LogP contribution is 2.51. The van der Waals surface area contributed by atoms with E-state index in [-0.39, 0.29) is 5.41 Å². The number of carbonyl (C=O) groups is 1. The van der Waals surface area contributed by atoms with Gasteiger partial charge < -0.3 is 0 Å². The van der Waals surface area contributed by atoms with Crippen molar-refractivity contribution in [3.63, 3.8) is 0 Å². The van der Waals surface area contributed by atoms with E-state index in [2.05, 4.69) is 42.8 Å². The number of carbonyl (C=O) groups excluding carboxylic acids is 1. The SMILES string of the molecule is Cc1sc(Br)cc1C1CC(=O)C1(C)C. The van der Waals surface area contributed by atoms with Crippen molar-refractivity contribution >= 4 is 33.0 Å². The Hall–Kier alpha value is -0.150. The zero-order valence-corrected chi connectivity index (χ0v) is 11.0. The van der Waals surface area contributed by atoms with Gasteiger partial charge in [-0.05, 0) is 34.5 Å². The monoisotopic (exact) mass is 272 g/mol. The van der Waals surface area contributed by atoms with Crippen LogP contribution in [0.25, 0.3) is 0 Å². The molecule has 1 aromatic rings. The van der Waals surface area contributed by atoms with Gasteiger partial charge in [-0.2, -0.15) is 0 Å². The lowest BCUT2D eigenvalue weighted by Gasteiger charge is -2.42. The molecule has 1 aliphatic carbocycles. The van der Waals surface area contributed by atoms with Crippen LogP contribution in [-0.4, -0.2) is 5.78 Å². The van der Waals surface area contributed by atoms with Crippen molar-refractivity contribution in [2.24, 2.45) is 5.41 Å². The quantitative estimate of drug-likeness (QED) is 0.758. The molecule has 1 nitrogen and oxygen atoms in total. The molecular weight excluding hydrogens is 260 g/mol. The molecule has 0 saturated heterocycles. The van der Waals surface area contributed by atoms with Crippen LogP contribution < -0.4 is 0 Å². The fourth-order valence-electron chi connectivity index (χ4n) is 2.07. The predicted octanol–water partition coefficient (Wildman–Crippen LogP) is 3.90. The number of thiophene rings is 1. The Morgan fingerprint density at radius 1 is 1.57 bits per heavy atom. The van der Waals surface area contributed by atoms with Gasteiger partial charge in [0.2, 0.25) is 0 Å². The minimum atomic E-state index is -0.148. The molecule has 14 heavy (non-hydrogen) atoms. The molecule has 1 fully saturated rings. The molecule has 0 aliphatic heterocycles. The van der Waals surface area contributed by atoms with Gasteiger partial charge in [-0.25, -0.2) is 0 Å². The lowest BCUT2D eigenvalue weighted by molar-refractivity contribution is -0.137. The molecule has 0 spiro atoms. The number of ketones is 1. The van der Waals surface area contributed by atoms with E-state index >= 15 is 0 Å². The first-order valence-electron chi connectivity index (χ1n) is 4.72. The van der Waals surface area contributed by atoms with Crippen LogP contribution in [0.5, 0.6) is 0 Å². The summed E-state index contributed by atoms with van der Waals surface area (Å²) in [6.45, 7) is 6.23. The summed E-state index contributed by atoms with van der Waals surface area (Å²) in [4.78, 5) is 12.8. The summed E-state index contributed by atoms with van der Waals surface area (Å²) >= 11 is 5.24. The molecule has 1 saturated carbocycles. The lowest BCUT2D eigenvalue weighted by Crippen LogP contribution is -2.43. The minimum absolute atomic E-state index is 0.148. The first-order chi connectivity index (χ1) is 6.43. The van der Waals surface area contributed by atoms with Crippen LogP contribution in [0.2, 0.25) is 0 Å². The van der Waals surface area contributed by atoms with Gasteiger partial charge >= 0.3 is 0 Å². The summed E-state index contributed by atoms with van der Waals surface area (Å²) in [6.07, 6.45) is 0.719. The Bertz CT molecular complexity index is 392. The average Bonchev–Trinajstić information content (AvgIpc) is 2.40. The fourth-order valence-corrected chi connectivity index (χ4v) is 3.84. The molecule has 1 aliphatic rings. The zero-order valence-electron chi connectivity index (χ0n) is 8.56. The Kier molecular flexibility index (Phi) is 2.35. The van der Waals surface area contributed by atoms with Gasteiger partial charge in [0.05, 0.1) is 3.79 Å². The van der Waals surface area contributed by atoms with Crippen LogP contribution >= 0.6 is 27.3 Å². The molecule has 2 rings (SSSR count). The molecule has 0 bridgehead atoms. The molecule has 0 radical (unpaired) electrons. The number of aryl methyl sites for hydroxylation is 1. The van der Waals surface area contributed by atoms with E-state index in [1.807, 2.05) is 0 Å². The van der Waals surface area contributed by atoms with Crippen molar-refractivity contribution in [2.45, 2.75) is 33.1 Å². The summed E-state index contributed by atoms with van der Waals surface area (Å²) in [7, 11) is 0. The normalized spacial score (nSPS) is 24.9. The van der Waals surface area contributed by atoms with Gasteiger partial charge in [-0.15, -0.1) is 11.3 Å². The summed E-state index contributed by atoms with van der Waals surface area (Å²) in [5, 5.41) is 0. The fraction of sp³-hybridized carbons (Fsp3) is 0.545. The second kappa shape index (κ2) is 3.17. The molecular formula is C11H13BrOS. The number of hydrogen-bond acceptors (Lipinski definition) is 2. The zero-order chi connectivity index (χ0) is 10.5. The third kappa shape index (κ3) is 1.38. The highest BCUT2D eigenvalue weighted by Gasteiger charge is 2.48. The summed E-state index contributed by atoms with van der Waals surface area (Å²) in [5.74, 6) is 0.821. The Labute approximate surface area is 96.6 Å². The summed E-state index contributed by atoms with van der Waals surface area (Å²) < 4.78 is 1.17. The van der Waals surface area contributed by atoms with Crippen molar-refractivity contribution in [1.82, 2.24) is 0 Å². The first-order valence-corrected chi connectivity index (χ1v) is 6.33. The second-order valence-corrected chi connectivity index (χ2v) is 7.10.